The van der Waals surface area contributed by atoms with Gasteiger partial charge in [0.15, 0.2) is 15.6 Å². The standard InChI is InChI=1S/C13H12N2O6S/c1-2-22(19,20)10-4-5-12(16)11(7-10)14-8-9-3-6-13(21-9)15(17)18/h3-8,16H,2H2,1H3. The van der Waals surface area contributed by atoms with Crippen LogP contribution in [0.3, 0.4) is 0 Å². The molecule has 8 nitrogen and oxygen atoms in total. The summed E-state index contributed by atoms with van der Waals surface area (Å²) in [4.78, 5) is 13.7. The molecule has 2 rings (SSSR count). The zero-order valence-electron chi connectivity index (χ0n) is 11.5. The van der Waals surface area contributed by atoms with Gasteiger partial charge in [0.25, 0.3) is 0 Å². The van der Waals surface area contributed by atoms with Gasteiger partial charge >= 0.3 is 5.88 Å². The van der Waals surface area contributed by atoms with Crippen LogP contribution in [0, 0.1) is 10.1 Å². The molecule has 0 saturated carbocycles. The Morgan fingerprint density at radius 2 is 2.09 bits per heavy atom. The van der Waals surface area contributed by atoms with E-state index in [1.807, 2.05) is 0 Å². The number of rotatable bonds is 5. The summed E-state index contributed by atoms with van der Waals surface area (Å²) in [6, 6.07) is 6.23. The molecule has 0 spiro atoms. The smallest absolute Gasteiger partial charge is 0.433 e. The lowest BCUT2D eigenvalue weighted by Gasteiger charge is -2.04. The van der Waals surface area contributed by atoms with Gasteiger partial charge in [-0.1, -0.05) is 6.92 Å². The Hall–Kier alpha value is -2.68. The number of aliphatic imine (C=N–C) groups is 1. The molecule has 22 heavy (non-hydrogen) atoms. The van der Waals surface area contributed by atoms with Crippen LogP contribution in [-0.4, -0.2) is 30.4 Å². The summed E-state index contributed by atoms with van der Waals surface area (Å²) in [5.74, 6) is -0.624. The van der Waals surface area contributed by atoms with Crippen molar-refractivity contribution in [1.29, 1.82) is 0 Å². The van der Waals surface area contributed by atoms with Gasteiger partial charge in [-0.3, -0.25) is 10.1 Å². The molecule has 0 radical (unpaired) electrons. The number of nitro groups is 1. The third-order valence-corrected chi connectivity index (χ3v) is 4.54. The third-order valence-electron chi connectivity index (χ3n) is 2.81. The molecule has 116 valence electrons. The quantitative estimate of drug-likeness (QED) is 0.512. The number of furan rings is 1. The number of phenols is 1. The molecule has 0 atom stereocenters. The van der Waals surface area contributed by atoms with E-state index in [4.69, 9.17) is 4.42 Å². The number of phenolic OH excluding ortho intramolecular Hbond substituents is 1. The average molecular weight is 324 g/mol. The Morgan fingerprint density at radius 1 is 1.36 bits per heavy atom. The number of hydrogen-bond acceptors (Lipinski definition) is 7. The van der Waals surface area contributed by atoms with Gasteiger partial charge in [-0.25, -0.2) is 13.4 Å². The molecular weight excluding hydrogens is 312 g/mol. The van der Waals surface area contributed by atoms with Crippen molar-refractivity contribution in [2.24, 2.45) is 4.99 Å². The Labute approximate surface area is 125 Å². The van der Waals surface area contributed by atoms with Crippen molar-refractivity contribution in [3.05, 3.63) is 46.2 Å². The predicted octanol–water partition coefficient (Wildman–Crippen LogP) is 2.44. The lowest BCUT2D eigenvalue weighted by atomic mass is 10.3. The maximum atomic E-state index is 11.8. The van der Waals surface area contributed by atoms with Crippen LogP contribution in [0.5, 0.6) is 5.75 Å². The molecule has 2 aromatic rings. The fourth-order valence-electron chi connectivity index (χ4n) is 1.61. The first-order chi connectivity index (χ1) is 10.3. The Bertz CT molecular complexity index is 838. The minimum absolute atomic E-state index is 0.0218. The molecule has 0 aliphatic rings. The predicted molar refractivity (Wildman–Crippen MR) is 78.5 cm³/mol. The summed E-state index contributed by atoms with van der Waals surface area (Å²) in [5, 5.41) is 20.2. The van der Waals surface area contributed by atoms with Crippen molar-refractivity contribution >= 4 is 27.6 Å². The molecule has 0 unspecified atom stereocenters. The van der Waals surface area contributed by atoms with Crippen molar-refractivity contribution < 1.29 is 22.9 Å². The lowest BCUT2D eigenvalue weighted by Crippen LogP contribution is -2.03. The minimum atomic E-state index is -3.43. The van der Waals surface area contributed by atoms with Gasteiger partial charge < -0.3 is 9.52 Å². The van der Waals surface area contributed by atoms with E-state index in [1.165, 1.54) is 37.3 Å². The molecule has 0 amide bonds. The number of nitrogens with zero attached hydrogens (tertiary/aromatic N) is 2. The van der Waals surface area contributed by atoms with Gasteiger partial charge in [-0.2, -0.15) is 0 Å². The number of sulfone groups is 1. The summed E-state index contributed by atoms with van der Waals surface area (Å²) in [7, 11) is -3.43. The molecule has 9 heteroatoms. The van der Waals surface area contributed by atoms with Gasteiger partial charge in [-0.05, 0) is 24.3 Å². The highest BCUT2D eigenvalue weighted by molar-refractivity contribution is 7.91. The van der Waals surface area contributed by atoms with E-state index in [1.54, 1.807) is 0 Å². The van der Waals surface area contributed by atoms with Crippen molar-refractivity contribution in [2.45, 2.75) is 11.8 Å². The van der Waals surface area contributed by atoms with E-state index in [0.29, 0.717) is 0 Å². The van der Waals surface area contributed by atoms with E-state index in [0.717, 1.165) is 6.21 Å². The van der Waals surface area contributed by atoms with Crippen LogP contribution in [0.4, 0.5) is 11.6 Å². The van der Waals surface area contributed by atoms with Crippen molar-refractivity contribution in [3.63, 3.8) is 0 Å². The number of hydrogen-bond donors (Lipinski definition) is 1. The third kappa shape index (κ3) is 3.31. The zero-order chi connectivity index (χ0) is 16.3. The number of aromatic hydroxyl groups is 1. The molecular formula is C13H12N2O6S. The molecule has 1 heterocycles. The van der Waals surface area contributed by atoms with E-state index in [9.17, 15) is 23.6 Å². The Kier molecular flexibility index (Phi) is 4.27. The first kappa shape index (κ1) is 15.7. The summed E-state index contributed by atoms with van der Waals surface area (Å²) >= 11 is 0. The van der Waals surface area contributed by atoms with Gasteiger partial charge in [-0.15, -0.1) is 0 Å². The average Bonchev–Trinajstić information content (AvgIpc) is 2.95. The molecule has 1 N–H and O–H groups in total. The summed E-state index contributed by atoms with van der Waals surface area (Å²) in [6.45, 7) is 1.51. The Balaban J connectivity index is 2.34. The second-order valence-electron chi connectivity index (χ2n) is 4.25. The maximum Gasteiger partial charge on any atom is 0.433 e. The largest absolute Gasteiger partial charge is 0.506 e. The Morgan fingerprint density at radius 3 is 2.68 bits per heavy atom. The fraction of sp³-hybridized carbons (Fsp3) is 0.154. The minimum Gasteiger partial charge on any atom is -0.506 e. The SMILES string of the molecule is CCS(=O)(=O)c1ccc(O)c(N=Cc2ccc([N+](=O)[O-])o2)c1. The zero-order valence-corrected chi connectivity index (χ0v) is 12.3. The topological polar surface area (TPSA) is 123 Å². The van der Waals surface area contributed by atoms with Crippen LogP contribution in [0.25, 0.3) is 0 Å². The first-order valence-corrected chi connectivity index (χ1v) is 7.83. The van der Waals surface area contributed by atoms with Crippen LogP contribution < -0.4 is 0 Å². The highest BCUT2D eigenvalue weighted by Gasteiger charge is 2.14. The second-order valence-corrected chi connectivity index (χ2v) is 6.52. The van der Waals surface area contributed by atoms with Crippen LogP contribution in [0.15, 0.2) is 44.6 Å². The van der Waals surface area contributed by atoms with E-state index in [-0.39, 0.29) is 27.8 Å². The summed E-state index contributed by atoms with van der Waals surface area (Å²) in [6.07, 6.45) is 1.16. The van der Waals surface area contributed by atoms with Crippen LogP contribution in [0.1, 0.15) is 12.7 Å². The molecule has 0 saturated heterocycles. The molecule has 0 aliphatic heterocycles. The molecule has 0 aliphatic carbocycles. The molecule has 0 fully saturated rings. The molecule has 1 aromatic heterocycles. The summed E-state index contributed by atoms with van der Waals surface area (Å²) < 4.78 is 28.5. The maximum absolute atomic E-state index is 11.8. The van der Waals surface area contributed by atoms with Crippen molar-refractivity contribution in [3.8, 4) is 5.75 Å². The fourth-order valence-corrected chi connectivity index (χ4v) is 2.51. The normalized spacial score (nSPS) is 11.9. The molecule has 1 aromatic carbocycles. The van der Waals surface area contributed by atoms with Crippen LogP contribution in [-0.2, 0) is 9.84 Å². The van der Waals surface area contributed by atoms with Gasteiger partial charge in [0, 0.05) is 0 Å². The van der Waals surface area contributed by atoms with Crippen LogP contribution in [0.2, 0.25) is 0 Å². The van der Waals surface area contributed by atoms with Gasteiger partial charge in [0.05, 0.1) is 22.9 Å². The van der Waals surface area contributed by atoms with E-state index < -0.39 is 20.6 Å². The highest BCUT2D eigenvalue weighted by Crippen LogP contribution is 2.29. The van der Waals surface area contributed by atoms with Gasteiger partial charge in [0.1, 0.15) is 16.4 Å². The van der Waals surface area contributed by atoms with Crippen molar-refractivity contribution in [1.82, 2.24) is 0 Å². The number of benzene rings is 1. The monoisotopic (exact) mass is 324 g/mol. The summed E-state index contributed by atoms with van der Waals surface area (Å²) in [5.41, 5.74) is 0.0218. The van der Waals surface area contributed by atoms with E-state index in [2.05, 4.69) is 4.99 Å². The lowest BCUT2D eigenvalue weighted by molar-refractivity contribution is -0.402. The van der Waals surface area contributed by atoms with Crippen molar-refractivity contribution in [2.75, 3.05) is 5.75 Å². The highest BCUT2D eigenvalue weighted by atomic mass is 32.2. The van der Waals surface area contributed by atoms with Gasteiger partial charge in [0.2, 0.25) is 0 Å². The second kappa shape index (κ2) is 5.98. The van der Waals surface area contributed by atoms with E-state index >= 15 is 0 Å². The first-order valence-electron chi connectivity index (χ1n) is 6.17. The van der Waals surface area contributed by atoms with Crippen LogP contribution >= 0.6 is 0 Å². The molecule has 0 bridgehead atoms.